The van der Waals surface area contributed by atoms with Gasteiger partial charge >= 0.3 is 0 Å². The molecular weight excluding hydrogens is 378 g/mol. The van der Waals surface area contributed by atoms with E-state index in [0.29, 0.717) is 30.2 Å². The number of nitro benzene ring substituents is 1. The molecule has 146 valence electrons. The number of hydrogen-bond acceptors (Lipinski definition) is 7. The van der Waals surface area contributed by atoms with E-state index in [1.165, 1.54) is 17.8 Å². The van der Waals surface area contributed by atoms with E-state index in [4.69, 9.17) is 4.42 Å². The van der Waals surface area contributed by atoms with Gasteiger partial charge in [0.15, 0.2) is 11.1 Å². The average molecular weight is 398 g/mol. The van der Waals surface area contributed by atoms with Gasteiger partial charge in [-0.1, -0.05) is 6.07 Å². The average Bonchev–Trinajstić information content (AvgIpc) is 3.26. The van der Waals surface area contributed by atoms with Crippen LogP contribution >= 0.6 is 11.8 Å². The van der Waals surface area contributed by atoms with Crippen molar-refractivity contribution in [3.05, 3.63) is 34.2 Å². The number of non-ortho nitro benzene ring substituents is 1. The second kappa shape index (κ2) is 6.99. The summed E-state index contributed by atoms with van der Waals surface area (Å²) in [7, 11) is 0. The number of nitrogens with one attached hydrogen (secondary N) is 2. The lowest BCUT2D eigenvalue weighted by Gasteiger charge is -2.41. The Bertz CT molecular complexity index is 854. The van der Waals surface area contributed by atoms with Gasteiger partial charge in [-0.25, -0.2) is 19.2 Å². The Hall–Kier alpha value is -1.78. The number of fused-ring (bicyclic) bond motifs is 1. The van der Waals surface area contributed by atoms with E-state index >= 15 is 0 Å². The summed E-state index contributed by atoms with van der Waals surface area (Å²) in [6.07, 6.45) is 1.80. The highest BCUT2D eigenvalue weighted by atomic mass is 32.2. The minimum atomic E-state index is -2.63. The summed E-state index contributed by atoms with van der Waals surface area (Å²) < 4.78 is 33.6. The number of nitrogens with zero attached hydrogens (tertiary/aromatic N) is 2. The molecule has 10 heteroatoms. The molecule has 2 aliphatic rings. The summed E-state index contributed by atoms with van der Waals surface area (Å²) in [5.41, 5.74) is 6.75. The van der Waals surface area contributed by atoms with E-state index in [9.17, 15) is 18.9 Å². The molecule has 1 aliphatic carbocycles. The summed E-state index contributed by atoms with van der Waals surface area (Å²) in [5.74, 6) is -2.08. The Balaban J connectivity index is 1.54. The predicted molar refractivity (Wildman–Crippen MR) is 97.3 cm³/mol. The first-order valence-corrected chi connectivity index (χ1v) is 9.92. The molecule has 2 heterocycles. The van der Waals surface area contributed by atoms with Gasteiger partial charge in [-0.3, -0.25) is 15.5 Å². The van der Waals surface area contributed by atoms with Crippen LogP contribution in [0.4, 0.5) is 14.5 Å². The minimum Gasteiger partial charge on any atom is -0.440 e. The number of hydrazine groups is 1. The Morgan fingerprint density at radius 3 is 2.96 bits per heavy atom. The van der Waals surface area contributed by atoms with Gasteiger partial charge in [0.05, 0.1) is 15.5 Å². The fraction of sp³-hybridized carbons (Fsp3) is 0.588. The standard InChI is InChI=1S/C17H20F2N4O3S/c18-16(19)6-2-3-11(9-16)17(7-8-20-22-17)27-10-14-21-15-12(23(24)25)4-1-5-13(15)26-14/h1,4-5,11,20,22H,2-3,6-10H2. The molecule has 2 aromatic rings. The fourth-order valence-electron chi connectivity index (χ4n) is 4.00. The highest BCUT2D eigenvalue weighted by Crippen LogP contribution is 2.48. The van der Waals surface area contributed by atoms with E-state index in [2.05, 4.69) is 15.8 Å². The third kappa shape index (κ3) is 3.65. The lowest BCUT2D eigenvalue weighted by molar-refractivity contribution is -0.383. The molecule has 2 unspecified atom stereocenters. The molecule has 1 aromatic carbocycles. The molecule has 1 aromatic heterocycles. The zero-order valence-electron chi connectivity index (χ0n) is 14.5. The zero-order chi connectivity index (χ0) is 19.1. The number of halogens is 2. The number of benzene rings is 1. The van der Waals surface area contributed by atoms with Crippen LogP contribution in [0, 0.1) is 16.0 Å². The third-order valence-corrected chi connectivity index (χ3v) is 6.86. The molecule has 0 spiro atoms. The van der Waals surface area contributed by atoms with Crippen molar-refractivity contribution < 1.29 is 18.1 Å². The van der Waals surface area contributed by atoms with E-state index < -0.39 is 15.7 Å². The van der Waals surface area contributed by atoms with Crippen LogP contribution in [0.25, 0.3) is 11.1 Å². The van der Waals surface area contributed by atoms with Crippen molar-refractivity contribution >= 4 is 28.5 Å². The first kappa shape index (κ1) is 18.6. The van der Waals surface area contributed by atoms with Gasteiger partial charge in [-0.15, -0.1) is 11.8 Å². The van der Waals surface area contributed by atoms with Crippen molar-refractivity contribution in [1.29, 1.82) is 0 Å². The minimum absolute atomic E-state index is 0.0491. The SMILES string of the molecule is O=[N+]([O-])c1cccc2oc(CSC3(C4CCCC(F)(F)C4)CCNN3)nc12. The Morgan fingerprint density at radius 2 is 2.26 bits per heavy atom. The Kier molecular flexibility index (Phi) is 4.81. The topological polar surface area (TPSA) is 93.2 Å². The van der Waals surface area contributed by atoms with Crippen molar-refractivity contribution in [2.75, 3.05) is 6.54 Å². The third-order valence-electron chi connectivity index (χ3n) is 5.31. The molecular formula is C17H20F2N4O3S. The van der Waals surface area contributed by atoms with Crippen molar-refractivity contribution in [3.63, 3.8) is 0 Å². The largest absolute Gasteiger partial charge is 0.440 e. The lowest BCUT2D eigenvalue weighted by atomic mass is 9.81. The summed E-state index contributed by atoms with van der Waals surface area (Å²) in [6, 6.07) is 4.57. The smallest absolute Gasteiger partial charge is 0.298 e. The first-order valence-electron chi connectivity index (χ1n) is 8.93. The molecule has 4 rings (SSSR count). The molecule has 1 aliphatic heterocycles. The van der Waals surface area contributed by atoms with Crippen molar-refractivity contribution in [2.24, 2.45) is 5.92 Å². The van der Waals surface area contributed by atoms with E-state index in [-0.39, 0.29) is 30.0 Å². The monoisotopic (exact) mass is 398 g/mol. The molecule has 0 amide bonds. The summed E-state index contributed by atoms with van der Waals surface area (Å²) in [4.78, 5) is 14.4. The maximum Gasteiger partial charge on any atom is 0.298 e. The highest BCUT2D eigenvalue weighted by Gasteiger charge is 2.48. The fourth-order valence-corrected chi connectivity index (χ4v) is 5.34. The number of thioether (sulfide) groups is 1. The van der Waals surface area contributed by atoms with Crippen molar-refractivity contribution in [2.45, 2.75) is 48.7 Å². The second-order valence-electron chi connectivity index (χ2n) is 7.12. The van der Waals surface area contributed by atoms with Crippen LogP contribution in [0.15, 0.2) is 22.6 Å². The van der Waals surface area contributed by atoms with E-state index in [1.807, 2.05) is 0 Å². The van der Waals surface area contributed by atoms with Crippen LogP contribution in [0.1, 0.15) is 38.0 Å². The van der Waals surface area contributed by atoms with Gasteiger partial charge < -0.3 is 4.42 Å². The Morgan fingerprint density at radius 1 is 1.41 bits per heavy atom. The second-order valence-corrected chi connectivity index (χ2v) is 8.42. The van der Waals surface area contributed by atoms with Gasteiger partial charge in [0, 0.05) is 25.5 Å². The normalized spacial score (nSPS) is 27.9. The number of para-hydroxylation sites is 1. The summed E-state index contributed by atoms with van der Waals surface area (Å²) in [5, 5.41) is 11.1. The lowest BCUT2D eigenvalue weighted by Crippen LogP contribution is -2.50. The number of rotatable bonds is 5. The van der Waals surface area contributed by atoms with Gasteiger partial charge in [0.25, 0.3) is 5.69 Å². The van der Waals surface area contributed by atoms with Crippen LogP contribution in [-0.2, 0) is 5.75 Å². The molecule has 2 N–H and O–H groups in total. The number of hydrogen-bond donors (Lipinski definition) is 2. The quantitative estimate of drug-likeness (QED) is 0.581. The van der Waals surface area contributed by atoms with E-state index in [0.717, 1.165) is 12.8 Å². The van der Waals surface area contributed by atoms with Crippen LogP contribution in [-0.4, -0.2) is 27.2 Å². The number of alkyl halides is 2. The summed E-state index contributed by atoms with van der Waals surface area (Å²) in [6.45, 7) is 0.702. The molecule has 0 bridgehead atoms. The maximum atomic E-state index is 13.9. The highest BCUT2D eigenvalue weighted by molar-refractivity contribution is 7.99. The van der Waals surface area contributed by atoms with Crippen LogP contribution < -0.4 is 10.9 Å². The van der Waals surface area contributed by atoms with Crippen LogP contribution in [0.2, 0.25) is 0 Å². The Labute approximate surface area is 158 Å². The molecule has 27 heavy (non-hydrogen) atoms. The van der Waals surface area contributed by atoms with Crippen molar-refractivity contribution in [3.8, 4) is 0 Å². The molecule has 0 radical (unpaired) electrons. The molecule has 1 saturated carbocycles. The van der Waals surface area contributed by atoms with Crippen LogP contribution in [0.5, 0.6) is 0 Å². The van der Waals surface area contributed by atoms with Gasteiger partial charge in [0.1, 0.15) is 0 Å². The zero-order valence-corrected chi connectivity index (χ0v) is 15.4. The maximum absolute atomic E-state index is 13.9. The molecule has 2 fully saturated rings. The van der Waals surface area contributed by atoms with E-state index in [1.54, 1.807) is 12.1 Å². The number of nitro groups is 1. The first-order chi connectivity index (χ1) is 12.9. The molecule has 7 nitrogen and oxygen atoms in total. The van der Waals surface area contributed by atoms with Crippen LogP contribution in [0.3, 0.4) is 0 Å². The summed E-state index contributed by atoms with van der Waals surface area (Å²) >= 11 is 1.49. The number of aromatic nitrogens is 1. The molecule has 2 atom stereocenters. The predicted octanol–water partition coefficient (Wildman–Crippen LogP) is 3.99. The van der Waals surface area contributed by atoms with Gasteiger partial charge in [-0.2, -0.15) is 0 Å². The van der Waals surface area contributed by atoms with Crippen molar-refractivity contribution in [1.82, 2.24) is 15.8 Å². The van der Waals surface area contributed by atoms with Gasteiger partial charge in [0.2, 0.25) is 11.8 Å². The number of oxazole rings is 1. The molecule has 1 saturated heterocycles. The van der Waals surface area contributed by atoms with Gasteiger partial charge in [-0.05, 0) is 31.2 Å².